The van der Waals surface area contributed by atoms with E-state index in [1.165, 1.54) is 31.5 Å². The maximum absolute atomic E-state index is 2.54. The first-order valence-corrected chi connectivity index (χ1v) is 4.98. The Morgan fingerprint density at radius 1 is 1.25 bits per heavy atom. The molecule has 1 nitrogen and oxygen atoms in total. The van der Waals surface area contributed by atoms with Crippen LogP contribution in [0.3, 0.4) is 0 Å². The molecule has 12 heavy (non-hydrogen) atoms. The van der Waals surface area contributed by atoms with Crippen LogP contribution < -0.4 is 0 Å². The van der Waals surface area contributed by atoms with E-state index in [2.05, 4.69) is 38.7 Å². The highest BCUT2D eigenvalue weighted by atomic mass is 15.2. The minimum atomic E-state index is 0.308. The van der Waals surface area contributed by atoms with E-state index in [1.807, 2.05) is 0 Å². The zero-order valence-corrected chi connectivity index (χ0v) is 8.85. The van der Waals surface area contributed by atoms with Crippen molar-refractivity contribution in [2.45, 2.75) is 52.5 Å². The first-order chi connectivity index (χ1) is 5.55. The van der Waals surface area contributed by atoms with Gasteiger partial charge in [-0.05, 0) is 47.0 Å². The molecule has 1 aliphatic rings. The highest BCUT2D eigenvalue weighted by molar-refractivity contribution is 5.06. The van der Waals surface area contributed by atoms with Crippen molar-refractivity contribution < 1.29 is 0 Å². The molecule has 0 amide bonds. The summed E-state index contributed by atoms with van der Waals surface area (Å²) in [5.41, 5.74) is 1.84. The first kappa shape index (κ1) is 9.63. The van der Waals surface area contributed by atoms with Gasteiger partial charge in [-0.1, -0.05) is 6.08 Å². The molecular weight excluding hydrogens is 146 g/mol. The fourth-order valence-corrected chi connectivity index (χ4v) is 1.92. The smallest absolute Gasteiger partial charge is 0.0314 e. The lowest BCUT2D eigenvalue weighted by atomic mass is 9.98. The number of likely N-dealkylation sites (tertiary alicyclic amines) is 1. The summed E-state index contributed by atoms with van der Waals surface area (Å²) in [5.74, 6) is 0. The molecule has 1 fully saturated rings. The molecule has 0 aliphatic carbocycles. The number of rotatable bonds is 0. The molecule has 1 aliphatic heterocycles. The summed E-state index contributed by atoms with van der Waals surface area (Å²) in [5, 5.41) is 0. The Bertz CT molecular complexity index is 174. The Morgan fingerprint density at radius 2 is 1.92 bits per heavy atom. The van der Waals surface area contributed by atoms with Crippen LogP contribution in [0.15, 0.2) is 11.8 Å². The van der Waals surface area contributed by atoms with Crippen molar-refractivity contribution in [3.05, 3.63) is 11.8 Å². The Labute approximate surface area is 76.5 Å². The van der Waals surface area contributed by atoms with Gasteiger partial charge in [0.1, 0.15) is 0 Å². The molecule has 1 rings (SSSR count). The van der Waals surface area contributed by atoms with Crippen LogP contribution in [0.4, 0.5) is 0 Å². The van der Waals surface area contributed by atoms with Gasteiger partial charge in [0.15, 0.2) is 0 Å². The number of nitrogens with zero attached hydrogens (tertiary/aromatic N) is 1. The van der Waals surface area contributed by atoms with Crippen LogP contribution in [-0.2, 0) is 0 Å². The van der Waals surface area contributed by atoms with E-state index in [4.69, 9.17) is 0 Å². The maximum atomic E-state index is 2.54. The van der Waals surface area contributed by atoms with Gasteiger partial charge in [0.25, 0.3) is 0 Å². The monoisotopic (exact) mass is 167 g/mol. The van der Waals surface area contributed by atoms with Gasteiger partial charge in [-0.2, -0.15) is 0 Å². The topological polar surface area (TPSA) is 3.24 Å². The van der Waals surface area contributed by atoms with Crippen molar-refractivity contribution in [1.29, 1.82) is 0 Å². The minimum absolute atomic E-state index is 0.308. The molecule has 0 aromatic carbocycles. The molecule has 1 heteroatoms. The number of allylic oxidation sites excluding steroid dienone is 2. The predicted molar refractivity (Wildman–Crippen MR) is 54.1 cm³/mol. The Hall–Kier alpha value is -0.460. The molecule has 0 radical (unpaired) electrons. The van der Waals surface area contributed by atoms with Crippen LogP contribution in [0.2, 0.25) is 0 Å². The zero-order valence-electron chi connectivity index (χ0n) is 8.85. The molecule has 0 aromatic heterocycles. The lowest BCUT2D eigenvalue weighted by Crippen LogP contribution is -2.42. The van der Waals surface area contributed by atoms with Crippen molar-refractivity contribution in [3.8, 4) is 0 Å². The van der Waals surface area contributed by atoms with Gasteiger partial charge in [-0.25, -0.2) is 0 Å². The van der Waals surface area contributed by atoms with E-state index in [0.717, 1.165) is 0 Å². The summed E-state index contributed by atoms with van der Waals surface area (Å²) in [6.07, 6.45) is 6.26. The van der Waals surface area contributed by atoms with Crippen LogP contribution in [0.5, 0.6) is 0 Å². The van der Waals surface area contributed by atoms with Crippen LogP contribution in [-0.4, -0.2) is 17.0 Å². The SMILES string of the molecule is C/C=C1\CCCCN1C(C)(C)C. The van der Waals surface area contributed by atoms with E-state index in [0.29, 0.717) is 5.54 Å². The highest BCUT2D eigenvalue weighted by Crippen LogP contribution is 2.27. The van der Waals surface area contributed by atoms with Gasteiger partial charge in [-0.3, -0.25) is 0 Å². The van der Waals surface area contributed by atoms with Crippen molar-refractivity contribution in [2.75, 3.05) is 6.54 Å². The van der Waals surface area contributed by atoms with E-state index < -0.39 is 0 Å². The fourth-order valence-electron chi connectivity index (χ4n) is 1.92. The molecule has 1 heterocycles. The van der Waals surface area contributed by atoms with Crippen molar-refractivity contribution in [1.82, 2.24) is 4.90 Å². The third-order valence-corrected chi connectivity index (χ3v) is 2.55. The molecule has 0 aromatic rings. The Morgan fingerprint density at radius 3 is 2.33 bits per heavy atom. The molecule has 0 saturated carbocycles. The van der Waals surface area contributed by atoms with Crippen molar-refractivity contribution in [3.63, 3.8) is 0 Å². The predicted octanol–water partition coefficient (Wildman–Crippen LogP) is 3.17. The summed E-state index contributed by atoms with van der Waals surface area (Å²) in [7, 11) is 0. The highest BCUT2D eigenvalue weighted by Gasteiger charge is 2.24. The van der Waals surface area contributed by atoms with Gasteiger partial charge in [0.2, 0.25) is 0 Å². The summed E-state index contributed by atoms with van der Waals surface area (Å²) in [6.45, 7) is 10.3. The molecule has 1 saturated heterocycles. The van der Waals surface area contributed by atoms with Crippen LogP contribution >= 0.6 is 0 Å². The summed E-state index contributed by atoms with van der Waals surface area (Å²) < 4.78 is 0. The van der Waals surface area contributed by atoms with Crippen molar-refractivity contribution >= 4 is 0 Å². The summed E-state index contributed by atoms with van der Waals surface area (Å²) in [4.78, 5) is 2.54. The first-order valence-electron chi connectivity index (χ1n) is 4.98. The standard InChI is InChI=1S/C11H21N/c1-5-10-8-6-7-9-12(10)11(2,3)4/h5H,6-9H2,1-4H3/b10-5+. The summed E-state index contributed by atoms with van der Waals surface area (Å²) >= 11 is 0. The third kappa shape index (κ3) is 2.02. The minimum Gasteiger partial charge on any atom is -0.370 e. The summed E-state index contributed by atoms with van der Waals surface area (Å²) in [6, 6.07) is 0. The van der Waals surface area contributed by atoms with Crippen LogP contribution in [0, 0.1) is 0 Å². The second-order valence-electron chi connectivity index (χ2n) is 4.56. The molecule has 70 valence electrons. The number of hydrogen-bond acceptors (Lipinski definition) is 1. The quantitative estimate of drug-likeness (QED) is 0.535. The van der Waals surface area contributed by atoms with Gasteiger partial charge in [-0.15, -0.1) is 0 Å². The normalized spacial score (nSPS) is 23.3. The number of hydrogen-bond donors (Lipinski definition) is 0. The largest absolute Gasteiger partial charge is 0.370 e. The average Bonchev–Trinajstić information content (AvgIpc) is 2.03. The third-order valence-electron chi connectivity index (χ3n) is 2.55. The lowest BCUT2D eigenvalue weighted by Gasteiger charge is -2.42. The van der Waals surface area contributed by atoms with E-state index in [-0.39, 0.29) is 0 Å². The van der Waals surface area contributed by atoms with Crippen LogP contribution in [0.1, 0.15) is 47.0 Å². The van der Waals surface area contributed by atoms with Gasteiger partial charge in [0, 0.05) is 17.8 Å². The lowest BCUT2D eigenvalue weighted by molar-refractivity contribution is 0.157. The Kier molecular flexibility index (Phi) is 2.81. The zero-order chi connectivity index (χ0) is 9.19. The molecule has 0 N–H and O–H groups in total. The van der Waals surface area contributed by atoms with Gasteiger partial charge in [0.05, 0.1) is 0 Å². The Balaban J connectivity index is 2.73. The number of piperidine rings is 1. The van der Waals surface area contributed by atoms with Crippen LogP contribution in [0.25, 0.3) is 0 Å². The van der Waals surface area contributed by atoms with E-state index in [1.54, 1.807) is 0 Å². The maximum Gasteiger partial charge on any atom is 0.0314 e. The average molecular weight is 167 g/mol. The second-order valence-corrected chi connectivity index (χ2v) is 4.56. The second kappa shape index (κ2) is 3.51. The fraction of sp³-hybridized carbons (Fsp3) is 0.818. The molecule has 0 bridgehead atoms. The van der Waals surface area contributed by atoms with Gasteiger partial charge < -0.3 is 4.90 Å². The van der Waals surface area contributed by atoms with Gasteiger partial charge >= 0.3 is 0 Å². The molecule has 0 spiro atoms. The van der Waals surface area contributed by atoms with E-state index in [9.17, 15) is 0 Å². The van der Waals surface area contributed by atoms with Crippen molar-refractivity contribution in [2.24, 2.45) is 0 Å². The molecule has 0 unspecified atom stereocenters. The van der Waals surface area contributed by atoms with E-state index >= 15 is 0 Å². The molecular formula is C11H21N. The molecule has 0 atom stereocenters.